The number of rotatable bonds is 3. The summed E-state index contributed by atoms with van der Waals surface area (Å²) in [5.41, 5.74) is 3.69. The Morgan fingerprint density at radius 1 is 0.947 bits per heavy atom. The van der Waals surface area contributed by atoms with Gasteiger partial charge in [0.1, 0.15) is 5.75 Å². The first kappa shape index (κ1) is 12.1. The topological polar surface area (TPSA) is 12.5 Å². The van der Waals surface area contributed by atoms with Crippen LogP contribution in [0.5, 0.6) is 5.75 Å². The van der Waals surface area contributed by atoms with E-state index in [-0.39, 0.29) is 0 Å². The largest absolute Gasteiger partial charge is 0.496 e. The Hall–Kier alpha value is -1.96. The van der Waals surface area contributed by atoms with Crippen LogP contribution in [0.3, 0.4) is 0 Å². The number of hydrogen-bond acceptors (Lipinski definition) is 2. The van der Waals surface area contributed by atoms with Crippen molar-refractivity contribution in [3.63, 3.8) is 0 Å². The second-order valence-electron chi connectivity index (χ2n) is 4.94. The van der Waals surface area contributed by atoms with Gasteiger partial charge in [-0.05, 0) is 36.6 Å². The molecule has 2 aromatic rings. The van der Waals surface area contributed by atoms with Crippen molar-refractivity contribution in [2.75, 3.05) is 25.1 Å². The molecule has 19 heavy (non-hydrogen) atoms. The van der Waals surface area contributed by atoms with Gasteiger partial charge >= 0.3 is 0 Å². The van der Waals surface area contributed by atoms with E-state index in [1.54, 1.807) is 7.11 Å². The highest BCUT2D eigenvalue weighted by Crippen LogP contribution is 2.34. The molecule has 0 aromatic heterocycles. The molecule has 0 radical (unpaired) electrons. The lowest BCUT2D eigenvalue weighted by Crippen LogP contribution is -2.17. The molecule has 98 valence electrons. The molecule has 0 amide bonds. The maximum absolute atomic E-state index is 5.50. The highest BCUT2D eigenvalue weighted by molar-refractivity contribution is 5.74. The maximum Gasteiger partial charge on any atom is 0.126 e. The van der Waals surface area contributed by atoms with Gasteiger partial charge in [0, 0.05) is 24.3 Å². The van der Waals surface area contributed by atoms with Gasteiger partial charge < -0.3 is 9.64 Å². The molecular weight excluding hydrogens is 234 g/mol. The molecular formula is C17H19NO. The van der Waals surface area contributed by atoms with Crippen molar-refractivity contribution in [1.82, 2.24) is 0 Å². The normalized spacial score (nSPS) is 14.7. The zero-order valence-electron chi connectivity index (χ0n) is 11.3. The number of hydrogen-bond donors (Lipinski definition) is 0. The van der Waals surface area contributed by atoms with E-state index in [1.165, 1.54) is 42.7 Å². The van der Waals surface area contributed by atoms with Crippen molar-refractivity contribution in [2.24, 2.45) is 0 Å². The van der Waals surface area contributed by atoms with Gasteiger partial charge in [0.05, 0.1) is 7.11 Å². The Balaban J connectivity index is 2.03. The smallest absolute Gasteiger partial charge is 0.126 e. The average Bonchev–Trinajstić information content (AvgIpc) is 3.02. The van der Waals surface area contributed by atoms with Crippen molar-refractivity contribution in [1.29, 1.82) is 0 Å². The number of ether oxygens (including phenoxy) is 1. The summed E-state index contributed by atoms with van der Waals surface area (Å²) in [6.45, 7) is 2.33. The predicted octanol–water partition coefficient (Wildman–Crippen LogP) is 3.96. The highest BCUT2D eigenvalue weighted by atomic mass is 16.5. The standard InChI is InChI=1S/C17H19NO/c1-19-17-10-9-15(18-11-5-6-12-18)13-16(17)14-7-3-2-4-8-14/h2-4,7-10,13H,5-6,11-12H2,1H3. The van der Waals surface area contributed by atoms with E-state index in [1.807, 2.05) is 6.07 Å². The first-order chi connectivity index (χ1) is 9.38. The maximum atomic E-state index is 5.50. The SMILES string of the molecule is COc1ccc(N2CCCC2)cc1-c1ccccc1. The van der Waals surface area contributed by atoms with Crippen molar-refractivity contribution >= 4 is 5.69 Å². The summed E-state index contributed by atoms with van der Waals surface area (Å²) in [6, 6.07) is 16.9. The molecule has 1 aliphatic heterocycles. The van der Waals surface area contributed by atoms with Crippen LogP contribution < -0.4 is 9.64 Å². The van der Waals surface area contributed by atoms with Crippen molar-refractivity contribution in [3.8, 4) is 16.9 Å². The Morgan fingerprint density at radius 2 is 1.68 bits per heavy atom. The van der Waals surface area contributed by atoms with Crippen molar-refractivity contribution < 1.29 is 4.74 Å². The van der Waals surface area contributed by atoms with Gasteiger partial charge in [0.15, 0.2) is 0 Å². The highest BCUT2D eigenvalue weighted by Gasteiger charge is 2.14. The quantitative estimate of drug-likeness (QED) is 0.821. The third-order valence-corrected chi connectivity index (χ3v) is 3.74. The van der Waals surface area contributed by atoms with Crippen molar-refractivity contribution in [2.45, 2.75) is 12.8 Å². The van der Waals surface area contributed by atoms with Crippen LogP contribution in [-0.4, -0.2) is 20.2 Å². The third-order valence-electron chi connectivity index (χ3n) is 3.74. The van der Waals surface area contributed by atoms with Crippen LogP contribution in [0.2, 0.25) is 0 Å². The summed E-state index contributed by atoms with van der Waals surface area (Å²) >= 11 is 0. The van der Waals surface area contributed by atoms with E-state index in [0.29, 0.717) is 0 Å². The fourth-order valence-corrected chi connectivity index (χ4v) is 2.71. The summed E-state index contributed by atoms with van der Waals surface area (Å²) in [5.74, 6) is 0.939. The van der Waals surface area contributed by atoms with Gasteiger partial charge in [0.2, 0.25) is 0 Å². The number of anilines is 1. The van der Waals surface area contributed by atoms with Gasteiger partial charge in [-0.15, -0.1) is 0 Å². The van der Waals surface area contributed by atoms with E-state index in [0.717, 1.165) is 5.75 Å². The second-order valence-corrected chi connectivity index (χ2v) is 4.94. The van der Waals surface area contributed by atoms with Crippen LogP contribution in [0.4, 0.5) is 5.69 Å². The average molecular weight is 253 g/mol. The Bertz CT molecular complexity index is 544. The zero-order chi connectivity index (χ0) is 13.1. The first-order valence-corrected chi connectivity index (χ1v) is 6.87. The molecule has 2 nitrogen and oxygen atoms in total. The minimum atomic E-state index is 0.939. The van der Waals surface area contributed by atoms with Gasteiger partial charge in [-0.1, -0.05) is 30.3 Å². The Labute approximate surface area is 114 Å². The summed E-state index contributed by atoms with van der Waals surface area (Å²) in [4.78, 5) is 2.45. The zero-order valence-corrected chi connectivity index (χ0v) is 11.3. The lowest BCUT2D eigenvalue weighted by Gasteiger charge is -2.20. The molecule has 0 N–H and O–H groups in total. The summed E-state index contributed by atoms with van der Waals surface area (Å²) in [6.07, 6.45) is 2.60. The van der Waals surface area contributed by atoms with Crippen LogP contribution in [0.25, 0.3) is 11.1 Å². The molecule has 0 spiro atoms. The second kappa shape index (κ2) is 5.35. The lowest BCUT2D eigenvalue weighted by atomic mass is 10.0. The van der Waals surface area contributed by atoms with Crippen LogP contribution in [0.1, 0.15) is 12.8 Å². The lowest BCUT2D eigenvalue weighted by molar-refractivity contribution is 0.416. The van der Waals surface area contributed by atoms with Crippen LogP contribution in [0.15, 0.2) is 48.5 Å². The number of benzene rings is 2. The molecule has 1 saturated heterocycles. The fourth-order valence-electron chi connectivity index (χ4n) is 2.71. The van der Waals surface area contributed by atoms with E-state index >= 15 is 0 Å². The summed E-state index contributed by atoms with van der Waals surface area (Å²) in [5, 5.41) is 0. The molecule has 1 heterocycles. The van der Waals surface area contributed by atoms with Crippen LogP contribution in [0, 0.1) is 0 Å². The molecule has 0 unspecified atom stereocenters. The third kappa shape index (κ3) is 2.43. The summed E-state index contributed by atoms with van der Waals surface area (Å²) in [7, 11) is 1.73. The van der Waals surface area contributed by atoms with E-state index in [2.05, 4.69) is 47.4 Å². The minimum Gasteiger partial charge on any atom is -0.496 e. The monoisotopic (exact) mass is 253 g/mol. The minimum absolute atomic E-state index is 0.939. The van der Waals surface area contributed by atoms with Gasteiger partial charge in [-0.25, -0.2) is 0 Å². The Kier molecular flexibility index (Phi) is 3.41. The molecule has 2 aromatic carbocycles. The molecule has 0 atom stereocenters. The molecule has 1 aliphatic rings. The van der Waals surface area contributed by atoms with Gasteiger partial charge in [-0.3, -0.25) is 0 Å². The molecule has 0 aliphatic carbocycles. The van der Waals surface area contributed by atoms with Crippen LogP contribution >= 0.6 is 0 Å². The first-order valence-electron chi connectivity index (χ1n) is 6.87. The van der Waals surface area contributed by atoms with E-state index in [9.17, 15) is 0 Å². The predicted molar refractivity (Wildman–Crippen MR) is 79.9 cm³/mol. The van der Waals surface area contributed by atoms with E-state index < -0.39 is 0 Å². The molecule has 1 fully saturated rings. The number of nitrogens with zero attached hydrogens (tertiary/aromatic N) is 1. The van der Waals surface area contributed by atoms with Gasteiger partial charge in [-0.2, -0.15) is 0 Å². The Morgan fingerprint density at radius 3 is 2.37 bits per heavy atom. The summed E-state index contributed by atoms with van der Waals surface area (Å²) < 4.78 is 5.50. The van der Waals surface area contributed by atoms with Crippen LogP contribution in [-0.2, 0) is 0 Å². The molecule has 2 heteroatoms. The molecule has 0 bridgehead atoms. The molecule has 3 rings (SSSR count). The number of methoxy groups -OCH3 is 1. The fraction of sp³-hybridized carbons (Fsp3) is 0.294. The van der Waals surface area contributed by atoms with Gasteiger partial charge in [0.25, 0.3) is 0 Å². The van der Waals surface area contributed by atoms with E-state index in [4.69, 9.17) is 4.74 Å². The molecule has 0 saturated carbocycles. The van der Waals surface area contributed by atoms with Crippen molar-refractivity contribution in [3.05, 3.63) is 48.5 Å².